The predicted octanol–water partition coefficient (Wildman–Crippen LogP) is 0.886. The van der Waals surface area contributed by atoms with Crippen LogP contribution in [-0.4, -0.2) is 30.5 Å². The van der Waals surface area contributed by atoms with Crippen LogP contribution in [-0.2, 0) is 19.1 Å². The van der Waals surface area contributed by atoms with Crippen molar-refractivity contribution in [1.82, 2.24) is 0 Å². The number of esters is 2. The summed E-state index contributed by atoms with van der Waals surface area (Å²) in [5.41, 5.74) is 0. The maximum Gasteiger partial charge on any atom is 0.330 e. The van der Waals surface area contributed by atoms with Gasteiger partial charge in [0, 0.05) is 13.0 Å². The summed E-state index contributed by atoms with van der Waals surface area (Å²) in [6, 6.07) is 0. The van der Waals surface area contributed by atoms with Gasteiger partial charge in [0.2, 0.25) is 0 Å². The van der Waals surface area contributed by atoms with Crippen molar-refractivity contribution in [1.29, 1.82) is 0 Å². The van der Waals surface area contributed by atoms with Gasteiger partial charge in [-0.2, -0.15) is 0 Å². The van der Waals surface area contributed by atoms with Crippen molar-refractivity contribution in [2.45, 2.75) is 13.0 Å². The van der Waals surface area contributed by atoms with Gasteiger partial charge in [-0.15, -0.1) is 11.6 Å². The minimum atomic E-state index is -0.594. The lowest BCUT2D eigenvalue weighted by atomic mass is 10.4. The molecule has 0 aliphatic rings. The Hall–Kier alpha value is -1.03. The molecule has 13 heavy (non-hydrogen) atoms. The summed E-state index contributed by atoms with van der Waals surface area (Å²) < 4.78 is 9.34. The summed E-state index contributed by atoms with van der Waals surface area (Å²) in [7, 11) is 0. The lowest BCUT2D eigenvalue weighted by Crippen LogP contribution is -2.25. The summed E-state index contributed by atoms with van der Waals surface area (Å²) in [5.74, 6) is -0.938. The first kappa shape index (κ1) is 12.0. The number of hydrogen-bond donors (Lipinski definition) is 0. The molecule has 0 rings (SSSR count). The number of alkyl halides is 1. The Kier molecular flexibility index (Phi) is 5.97. The van der Waals surface area contributed by atoms with E-state index in [9.17, 15) is 9.59 Å². The van der Waals surface area contributed by atoms with Crippen molar-refractivity contribution in [3.8, 4) is 0 Å². The lowest BCUT2D eigenvalue weighted by Gasteiger charge is -2.13. The van der Waals surface area contributed by atoms with Gasteiger partial charge in [-0.1, -0.05) is 6.58 Å². The van der Waals surface area contributed by atoms with E-state index in [-0.39, 0.29) is 12.5 Å². The fourth-order valence-corrected chi connectivity index (χ4v) is 0.731. The lowest BCUT2D eigenvalue weighted by molar-refractivity contribution is -0.153. The molecule has 0 aromatic heterocycles. The average Bonchev–Trinajstić information content (AvgIpc) is 2.10. The third kappa shape index (κ3) is 6.16. The molecule has 0 bridgehead atoms. The fraction of sp³-hybridized carbons (Fsp3) is 0.500. The first-order chi connectivity index (χ1) is 6.10. The summed E-state index contributed by atoms with van der Waals surface area (Å²) >= 11 is 5.44. The molecule has 4 nitrogen and oxygen atoms in total. The quantitative estimate of drug-likeness (QED) is 0.381. The highest BCUT2D eigenvalue weighted by Crippen LogP contribution is 1.97. The molecule has 0 spiro atoms. The average molecular weight is 207 g/mol. The maximum absolute atomic E-state index is 10.6. The number of rotatable bonds is 5. The molecule has 0 saturated heterocycles. The van der Waals surface area contributed by atoms with Crippen molar-refractivity contribution in [3.63, 3.8) is 0 Å². The van der Waals surface area contributed by atoms with Crippen LogP contribution in [0.3, 0.4) is 0 Å². The van der Waals surface area contributed by atoms with Gasteiger partial charge in [-0.3, -0.25) is 4.79 Å². The molecule has 1 unspecified atom stereocenters. The summed E-state index contributed by atoms with van der Waals surface area (Å²) in [6.45, 7) is 4.42. The molecular formula is C8H11ClO4. The van der Waals surface area contributed by atoms with Gasteiger partial charge < -0.3 is 9.47 Å². The molecule has 0 heterocycles. The van der Waals surface area contributed by atoms with Gasteiger partial charge in [0.05, 0.1) is 5.88 Å². The number of halogens is 1. The summed E-state index contributed by atoms with van der Waals surface area (Å²) in [6.07, 6.45) is 0.432. The fourth-order valence-electron chi connectivity index (χ4n) is 0.579. The molecule has 0 radical (unpaired) electrons. The number of ether oxygens (including phenoxy) is 2. The molecule has 0 aliphatic heterocycles. The standard InChI is InChI=1S/C8H11ClO4/c1-3-8(11)12-5-7(4-9)13-6(2)10/h3,7H,1,4-5H2,2H3. The van der Waals surface area contributed by atoms with Crippen molar-refractivity contribution < 1.29 is 19.1 Å². The van der Waals surface area contributed by atoms with Gasteiger partial charge in [-0.25, -0.2) is 4.79 Å². The van der Waals surface area contributed by atoms with E-state index in [4.69, 9.17) is 16.3 Å². The Morgan fingerprint density at radius 3 is 2.62 bits per heavy atom. The van der Waals surface area contributed by atoms with Crippen molar-refractivity contribution in [3.05, 3.63) is 12.7 Å². The Labute approximate surface area is 81.5 Å². The minimum Gasteiger partial charge on any atom is -0.459 e. The minimum absolute atomic E-state index is 0.0477. The number of carbonyl (C=O) groups excluding carboxylic acids is 2. The smallest absolute Gasteiger partial charge is 0.330 e. The molecule has 0 saturated carbocycles. The molecule has 0 aromatic rings. The zero-order chi connectivity index (χ0) is 10.3. The normalized spacial score (nSPS) is 11.5. The van der Waals surface area contributed by atoms with Crippen LogP contribution < -0.4 is 0 Å². The van der Waals surface area contributed by atoms with Gasteiger partial charge in [0.1, 0.15) is 12.7 Å². The van der Waals surface area contributed by atoms with E-state index in [1.165, 1.54) is 6.92 Å². The first-order valence-corrected chi connectivity index (χ1v) is 4.16. The Morgan fingerprint density at radius 1 is 1.62 bits per heavy atom. The Balaban J connectivity index is 3.77. The largest absolute Gasteiger partial charge is 0.459 e. The maximum atomic E-state index is 10.6. The molecule has 5 heteroatoms. The van der Waals surface area contributed by atoms with Crippen molar-refractivity contribution >= 4 is 23.5 Å². The molecule has 74 valence electrons. The van der Waals surface area contributed by atoms with E-state index in [0.29, 0.717) is 0 Å². The molecule has 0 fully saturated rings. The summed E-state index contributed by atoms with van der Waals surface area (Å²) in [5, 5.41) is 0. The third-order valence-corrected chi connectivity index (χ3v) is 1.43. The molecule has 0 aliphatic carbocycles. The SMILES string of the molecule is C=CC(=O)OCC(CCl)OC(C)=O. The summed E-state index contributed by atoms with van der Waals surface area (Å²) in [4.78, 5) is 21.1. The molecule has 0 amide bonds. The van der Waals surface area contributed by atoms with Crippen molar-refractivity contribution in [2.75, 3.05) is 12.5 Å². The molecular weight excluding hydrogens is 196 g/mol. The second kappa shape index (κ2) is 6.48. The number of hydrogen-bond acceptors (Lipinski definition) is 4. The van der Waals surface area contributed by atoms with E-state index in [1.54, 1.807) is 0 Å². The van der Waals surface area contributed by atoms with Crippen molar-refractivity contribution in [2.24, 2.45) is 0 Å². The van der Waals surface area contributed by atoms with Gasteiger partial charge in [0.25, 0.3) is 0 Å². The zero-order valence-electron chi connectivity index (χ0n) is 7.29. The highest BCUT2D eigenvalue weighted by atomic mass is 35.5. The van der Waals surface area contributed by atoms with E-state index in [0.717, 1.165) is 6.08 Å². The zero-order valence-corrected chi connectivity index (χ0v) is 8.04. The predicted molar refractivity (Wildman–Crippen MR) is 47.4 cm³/mol. The Bertz CT molecular complexity index is 202. The van der Waals surface area contributed by atoms with Gasteiger partial charge >= 0.3 is 11.9 Å². The Morgan fingerprint density at radius 2 is 2.23 bits per heavy atom. The van der Waals surface area contributed by atoms with Crippen LogP contribution in [0.15, 0.2) is 12.7 Å². The van der Waals surface area contributed by atoms with Crippen LogP contribution in [0.5, 0.6) is 0 Å². The van der Waals surface area contributed by atoms with Gasteiger partial charge in [0.15, 0.2) is 0 Å². The van der Waals surface area contributed by atoms with E-state index >= 15 is 0 Å². The molecule has 1 atom stereocenters. The van der Waals surface area contributed by atoms with Crippen LogP contribution >= 0.6 is 11.6 Å². The van der Waals surface area contributed by atoms with Crippen LogP contribution in [0.4, 0.5) is 0 Å². The van der Waals surface area contributed by atoms with Crippen LogP contribution in [0.1, 0.15) is 6.92 Å². The molecule has 0 N–H and O–H groups in total. The second-order valence-corrected chi connectivity index (χ2v) is 2.53. The van der Waals surface area contributed by atoms with E-state index in [2.05, 4.69) is 11.3 Å². The third-order valence-electron chi connectivity index (χ3n) is 1.08. The second-order valence-electron chi connectivity index (χ2n) is 2.22. The molecule has 0 aromatic carbocycles. The number of carbonyl (C=O) groups is 2. The van der Waals surface area contributed by atoms with E-state index in [1.807, 2.05) is 0 Å². The van der Waals surface area contributed by atoms with Crippen LogP contribution in [0, 0.1) is 0 Å². The van der Waals surface area contributed by atoms with Gasteiger partial charge in [-0.05, 0) is 0 Å². The van der Waals surface area contributed by atoms with Crippen LogP contribution in [0.2, 0.25) is 0 Å². The first-order valence-electron chi connectivity index (χ1n) is 3.62. The highest BCUT2D eigenvalue weighted by molar-refractivity contribution is 6.18. The van der Waals surface area contributed by atoms with Crippen LogP contribution in [0.25, 0.3) is 0 Å². The highest BCUT2D eigenvalue weighted by Gasteiger charge is 2.12. The monoisotopic (exact) mass is 206 g/mol. The topological polar surface area (TPSA) is 52.6 Å². The van der Waals surface area contributed by atoms with E-state index < -0.39 is 18.0 Å².